The number of rotatable bonds is 12. The SMILES string of the molecule is CCOc1ccccc1NCCNCCCCC(=O)c1cc2c3c(c1)CC(=O)N3CCC2.Cl.Cl. The molecule has 2 N–H and O–H groups in total. The van der Waals surface area contributed by atoms with Gasteiger partial charge in [-0.2, -0.15) is 0 Å². The molecule has 8 heteroatoms. The van der Waals surface area contributed by atoms with E-state index in [2.05, 4.69) is 10.6 Å². The second kappa shape index (κ2) is 13.6. The van der Waals surface area contributed by atoms with Gasteiger partial charge in [-0.25, -0.2) is 0 Å². The number of unbranched alkanes of at least 4 members (excludes halogenated alkanes) is 1. The highest BCUT2D eigenvalue weighted by Crippen LogP contribution is 2.37. The van der Waals surface area contributed by atoms with Crippen LogP contribution in [0.25, 0.3) is 0 Å². The first-order valence-corrected chi connectivity index (χ1v) is 11.8. The molecule has 2 aromatic carbocycles. The third-order valence-electron chi connectivity index (χ3n) is 6.14. The number of nitrogens with one attached hydrogen (secondary N) is 2. The first kappa shape index (κ1) is 28.0. The van der Waals surface area contributed by atoms with E-state index < -0.39 is 0 Å². The van der Waals surface area contributed by atoms with Crippen LogP contribution in [0.4, 0.5) is 11.4 Å². The Labute approximate surface area is 214 Å². The third-order valence-corrected chi connectivity index (χ3v) is 6.14. The van der Waals surface area contributed by atoms with E-state index in [0.29, 0.717) is 19.4 Å². The standard InChI is InChI=1S/C26H33N3O3.2ClH/c1-2-32-24-11-4-3-9-22(24)28-14-13-27-12-6-5-10-23(30)20-16-19-8-7-15-29-25(31)18-21(17-20)26(19)29;;/h3-4,9,11,16-17,27-28H,2,5-8,10,12-15,18H2,1H3;2*1H. The van der Waals surface area contributed by atoms with Gasteiger partial charge in [0, 0.05) is 31.6 Å². The zero-order valence-corrected chi connectivity index (χ0v) is 21.4. The molecule has 4 rings (SSSR count). The number of ether oxygens (including phenoxy) is 1. The molecule has 1 amide bonds. The largest absolute Gasteiger partial charge is 0.492 e. The van der Waals surface area contributed by atoms with Gasteiger partial charge in [-0.1, -0.05) is 12.1 Å². The minimum Gasteiger partial charge on any atom is -0.492 e. The van der Waals surface area contributed by atoms with Crippen molar-refractivity contribution < 1.29 is 14.3 Å². The van der Waals surface area contributed by atoms with Gasteiger partial charge in [0.15, 0.2) is 5.78 Å². The van der Waals surface area contributed by atoms with Gasteiger partial charge in [-0.05, 0) is 74.5 Å². The molecule has 0 fully saturated rings. The molecule has 0 aromatic heterocycles. The van der Waals surface area contributed by atoms with Crippen molar-refractivity contribution in [1.82, 2.24) is 5.32 Å². The van der Waals surface area contributed by atoms with Gasteiger partial charge in [0.05, 0.1) is 24.4 Å². The highest BCUT2D eigenvalue weighted by Gasteiger charge is 2.32. The fourth-order valence-electron chi connectivity index (χ4n) is 4.62. The number of Topliss-reactive ketones (excluding diaryl/α,β-unsaturated/α-hetero) is 1. The van der Waals surface area contributed by atoms with Crippen LogP contribution in [0.3, 0.4) is 0 Å². The maximum absolute atomic E-state index is 12.7. The summed E-state index contributed by atoms with van der Waals surface area (Å²) in [4.78, 5) is 26.8. The molecule has 2 aliphatic heterocycles. The van der Waals surface area contributed by atoms with E-state index in [1.54, 1.807) is 0 Å². The lowest BCUT2D eigenvalue weighted by atomic mass is 9.94. The molecule has 0 aliphatic carbocycles. The highest BCUT2D eigenvalue weighted by atomic mass is 35.5. The van der Waals surface area contributed by atoms with E-state index in [-0.39, 0.29) is 36.5 Å². The molecule has 0 atom stereocenters. The number of aryl methyl sites for hydroxylation is 1. The minimum atomic E-state index is 0. The van der Waals surface area contributed by atoms with Crippen molar-refractivity contribution >= 4 is 47.9 Å². The Morgan fingerprint density at radius 1 is 1.06 bits per heavy atom. The van der Waals surface area contributed by atoms with Crippen LogP contribution in [0, 0.1) is 0 Å². The Morgan fingerprint density at radius 3 is 2.68 bits per heavy atom. The highest BCUT2D eigenvalue weighted by molar-refractivity contribution is 6.05. The van der Waals surface area contributed by atoms with Crippen molar-refractivity contribution in [2.24, 2.45) is 0 Å². The van der Waals surface area contributed by atoms with E-state index >= 15 is 0 Å². The number of hydrogen-bond donors (Lipinski definition) is 2. The van der Waals surface area contributed by atoms with Gasteiger partial charge in [0.25, 0.3) is 0 Å². The number of para-hydroxylation sites is 2. The van der Waals surface area contributed by atoms with Gasteiger partial charge in [-0.15, -0.1) is 24.8 Å². The first-order chi connectivity index (χ1) is 15.7. The van der Waals surface area contributed by atoms with Crippen LogP contribution in [-0.2, 0) is 17.6 Å². The van der Waals surface area contributed by atoms with Crippen LogP contribution in [0.1, 0.15) is 54.1 Å². The minimum absolute atomic E-state index is 0. The number of ketones is 1. The van der Waals surface area contributed by atoms with Crippen molar-refractivity contribution in [2.75, 3.05) is 43.0 Å². The van der Waals surface area contributed by atoms with Crippen LogP contribution in [0.2, 0.25) is 0 Å². The second-order valence-electron chi connectivity index (χ2n) is 8.46. The molecule has 6 nitrogen and oxygen atoms in total. The molecular weight excluding hydrogens is 473 g/mol. The third kappa shape index (κ3) is 6.65. The molecule has 0 saturated heterocycles. The molecule has 186 valence electrons. The van der Waals surface area contributed by atoms with Crippen molar-refractivity contribution in [3.8, 4) is 5.75 Å². The Kier molecular flexibility index (Phi) is 11.2. The Bertz CT molecular complexity index is 984. The van der Waals surface area contributed by atoms with Crippen molar-refractivity contribution in [2.45, 2.75) is 45.4 Å². The van der Waals surface area contributed by atoms with E-state index in [1.807, 2.05) is 48.2 Å². The number of benzene rings is 2. The number of hydrogen-bond acceptors (Lipinski definition) is 5. The van der Waals surface area contributed by atoms with Crippen LogP contribution in [0.15, 0.2) is 36.4 Å². The Hall–Kier alpha value is -2.28. The number of carbonyl (C=O) groups excluding carboxylic acids is 2. The van der Waals surface area contributed by atoms with Crippen molar-refractivity contribution in [3.05, 3.63) is 53.1 Å². The zero-order chi connectivity index (χ0) is 22.3. The molecule has 0 radical (unpaired) electrons. The maximum Gasteiger partial charge on any atom is 0.231 e. The normalized spacial score (nSPS) is 13.6. The number of carbonyl (C=O) groups is 2. The van der Waals surface area contributed by atoms with Crippen LogP contribution >= 0.6 is 24.8 Å². The van der Waals surface area contributed by atoms with Crippen LogP contribution < -0.4 is 20.3 Å². The first-order valence-electron chi connectivity index (χ1n) is 11.8. The van der Waals surface area contributed by atoms with E-state index in [9.17, 15) is 9.59 Å². The summed E-state index contributed by atoms with van der Waals surface area (Å²) in [6, 6.07) is 11.9. The lowest BCUT2D eigenvalue weighted by molar-refractivity contribution is -0.117. The topological polar surface area (TPSA) is 70.7 Å². The van der Waals surface area contributed by atoms with Gasteiger partial charge >= 0.3 is 0 Å². The fraction of sp³-hybridized carbons (Fsp3) is 0.462. The molecule has 0 unspecified atom stereocenters. The van der Waals surface area contributed by atoms with Crippen LogP contribution in [-0.4, -0.2) is 44.5 Å². The monoisotopic (exact) mass is 507 g/mol. The Balaban J connectivity index is 0.00000204. The number of anilines is 2. The average Bonchev–Trinajstić information content (AvgIpc) is 3.13. The molecular formula is C26H35Cl2N3O3. The molecule has 0 saturated carbocycles. The predicted molar refractivity (Wildman–Crippen MR) is 142 cm³/mol. The molecule has 2 heterocycles. The summed E-state index contributed by atoms with van der Waals surface area (Å²) in [5.41, 5.74) is 5.08. The van der Waals surface area contributed by atoms with E-state index in [1.165, 1.54) is 5.56 Å². The second-order valence-corrected chi connectivity index (χ2v) is 8.46. The quantitative estimate of drug-likeness (QED) is 0.318. The summed E-state index contributed by atoms with van der Waals surface area (Å²) in [7, 11) is 0. The summed E-state index contributed by atoms with van der Waals surface area (Å²) < 4.78 is 5.62. The summed E-state index contributed by atoms with van der Waals surface area (Å²) in [6.45, 7) is 6.01. The fourth-order valence-corrected chi connectivity index (χ4v) is 4.62. The average molecular weight is 508 g/mol. The molecule has 34 heavy (non-hydrogen) atoms. The predicted octanol–water partition coefficient (Wildman–Crippen LogP) is 4.82. The maximum atomic E-state index is 12.7. The Morgan fingerprint density at radius 2 is 1.85 bits per heavy atom. The van der Waals surface area contributed by atoms with Gasteiger partial charge < -0.3 is 20.3 Å². The summed E-state index contributed by atoms with van der Waals surface area (Å²) in [5.74, 6) is 1.24. The molecule has 0 bridgehead atoms. The summed E-state index contributed by atoms with van der Waals surface area (Å²) in [6.07, 6.45) is 4.76. The summed E-state index contributed by atoms with van der Waals surface area (Å²) >= 11 is 0. The van der Waals surface area contributed by atoms with E-state index in [4.69, 9.17) is 4.74 Å². The molecule has 0 spiro atoms. The zero-order valence-electron chi connectivity index (χ0n) is 19.7. The lowest BCUT2D eigenvalue weighted by Gasteiger charge is -2.25. The smallest absolute Gasteiger partial charge is 0.231 e. The molecule has 2 aliphatic rings. The van der Waals surface area contributed by atoms with Crippen molar-refractivity contribution in [3.63, 3.8) is 0 Å². The van der Waals surface area contributed by atoms with Gasteiger partial charge in [-0.3, -0.25) is 9.59 Å². The summed E-state index contributed by atoms with van der Waals surface area (Å²) in [5, 5.41) is 6.83. The van der Waals surface area contributed by atoms with Gasteiger partial charge in [0.2, 0.25) is 5.91 Å². The van der Waals surface area contributed by atoms with E-state index in [0.717, 1.165) is 80.1 Å². The van der Waals surface area contributed by atoms with Crippen molar-refractivity contribution in [1.29, 1.82) is 0 Å². The number of halogens is 2. The number of nitrogens with zero attached hydrogens (tertiary/aromatic N) is 1. The number of amides is 1. The van der Waals surface area contributed by atoms with Crippen LogP contribution in [0.5, 0.6) is 5.75 Å². The van der Waals surface area contributed by atoms with Gasteiger partial charge in [0.1, 0.15) is 5.75 Å². The molecule has 2 aromatic rings. The lowest BCUT2D eigenvalue weighted by Crippen LogP contribution is -2.31.